The van der Waals surface area contributed by atoms with Gasteiger partial charge in [-0.25, -0.2) is 0 Å². The van der Waals surface area contributed by atoms with Gasteiger partial charge in [0.15, 0.2) is 0 Å². The number of ether oxygens (including phenoxy) is 1. The summed E-state index contributed by atoms with van der Waals surface area (Å²) in [5, 5.41) is 2.83. The fourth-order valence-electron chi connectivity index (χ4n) is 4.43. The molecule has 4 atom stereocenters. The van der Waals surface area contributed by atoms with Crippen LogP contribution in [0.3, 0.4) is 0 Å². The van der Waals surface area contributed by atoms with Crippen molar-refractivity contribution in [3.8, 4) is 5.75 Å². The lowest BCUT2D eigenvalue weighted by molar-refractivity contribution is -0.141. The molecule has 2 fully saturated rings. The lowest BCUT2D eigenvalue weighted by atomic mass is 9.85. The van der Waals surface area contributed by atoms with Crippen LogP contribution >= 0.6 is 0 Å². The number of imide groups is 1. The van der Waals surface area contributed by atoms with Gasteiger partial charge in [0.1, 0.15) is 5.75 Å². The number of hydrogen-bond donors (Lipinski definition) is 1. The van der Waals surface area contributed by atoms with Gasteiger partial charge in [0.2, 0.25) is 17.7 Å². The number of carbonyl (C=O) groups is 3. The molecule has 6 heteroatoms. The molecule has 0 unspecified atom stereocenters. The zero-order valence-electron chi connectivity index (χ0n) is 14.7. The van der Waals surface area contributed by atoms with Crippen LogP contribution in [-0.4, -0.2) is 36.3 Å². The average Bonchev–Trinajstić information content (AvgIpc) is 3.33. The van der Waals surface area contributed by atoms with Gasteiger partial charge in [-0.1, -0.05) is 24.3 Å². The Hall–Kier alpha value is -2.63. The summed E-state index contributed by atoms with van der Waals surface area (Å²) in [6, 6.07) is 7.45. The van der Waals surface area contributed by atoms with Crippen LogP contribution < -0.4 is 10.1 Å². The lowest BCUT2D eigenvalue weighted by Crippen LogP contribution is -2.36. The van der Waals surface area contributed by atoms with E-state index in [1.54, 1.807) is 7.11 Å². The molecule has 1 saturated heterocycles. The molecule has 2 aliphatic carbocycles. The normalized spacial score (nSPS) is 28.6. The second-order valence-corrected chi connectivity index (χ2v) is 7.20. The van der Waals surface area contributed by atoms with Gasteiger partial charge < -0.3 is 10.1 Å². The Bertz CT molecular complexity index is 741. The number of carbonyl (C=O) groups excluding carboxylic acids is 3. The van der Waals surface area contributed by atoms with Crippen LogP contribution in [0.4, 0.5) is 0 Å². The van der Waals surface area contributed by atoms with Crippen molar-refractivity contribution in [2.24, 2.45) is 23.7 Å². The van der Waals surface area contributed by atoms with Crippen molar-refractivity contribution in [3.63, 3.8) is 0 Å². The first-order chi connectivity index (χ1) is 12.6. The summed E-state index contributed by atoms with van der Waals surface area (Å²) in [7, 11) is 1.60. The number of nitrogens with one attached hydrogen (secondary N) is 1. The Balaban J connectivity index is 1.28. The summed E-state index contributed by atoms with van der Waals surface area (Å²) in [6.45, 7) is 0.572. The highest BCUT2D eigenvalue weighted by molar-refractivity contribution is 6.06. The third-order valence-corrected chi connectivity index (χ3v) is 5.77. The van der Waals surface area contributed by atoms with E-state index in [9.17, 15) is 14.4 Å². The van der Waals surface area contributed by atoms with Crippen molar-refractivity contribution in [2.45, 2.75) is 19.4 Å². The summed E-state index contributed by atoms with van der Waals surface area (Å²) < 4.78 is 5.10. The van der Waals surface area contributed by atoms with Gasteiger partial charge in [-0.15, -0.1) is 0 Å². The highest BCUT2D eigenvalue weighted by Crippen LogP contribution is 2.52. The molecule has 1 saturated carbocycles. The van der Waals surface area contributed by atoms with Gasteiger partial charge in [-0.2, -0.15) is 0 Å². The van der Waals surface area contributed by atoms with Crippen LogP contribution in [0.2, 0.25) is 0 Å². The molecular weight excluding hydrogens is 332 g/mol. The van der Waals surface area contributed by atoms with Gasteiger partial charge in [0.05, 0.1) is 18.9 Å². The largest absolute Gasteiger partial charge is 0.497 e. The van der Waals surface area contributed by atoms with Crippen molar-refractivity contribution in [1.82, 2.24) is 10.2 Å². The molecule has 4 rings (SSSR count). The maximum absolute atomic E-state index is 12.6. The Morgan fingerprint density at radius 1 is 1.12 bits per heavy atom. The van der Waals surface area contributed by atoms with E-state index in [2.05, 4.69) is 17.5 Å². The molecule has 0 aromatic heterocycles. The number of hydrogen-bond acceptors (Lipinski definition) is 4. The Kier molecular flexibility index (Phi) is 4.26. The zero-order valence-corrected chi connectivity index (χ0v) is 14.7. The fourth-order valence-corrected chi connectivity index (χ4v) is 4.43. The molecule has 3 amide bonds. The molecule has 0 spiro atoms. The van der Waals surface area contributed by atoms with E-state index in [0.717, 1.165) is 17.7 Å². The Morgan fingerprint density at radius 3 is 2.31 bits per heavy atom. The predicted molar refractivity (Wildman–Crippen MR) is 93.9 cm³/mol. The first-order valence-electron chi connectivity index (χ1n) is 9.01. The van der Waals surface area contributed by atoms with E-state index < -0.39 is 0 Å². The number of benzene rings is 1. The molecule has 0 radical (unpaired) electrons. The van der Waals surface area contributed by atoms with Crippen LogP contribution in [-0.2, 0) is 20.9 Å². The highest BCUT2D eigenvalue weighted by atomic mass is 16.5. The van der Waals surface area contributed by atoms with Crippen molar-refractivity contribution in [1.29, 1.82) is 0 Å². The van der Waals surface area contributed by atoms with Gasteiger partial charge in [0, 0.05) is 19.5 Å². The average molecular weight is 354 g/mol. The zero-order chi connectivity index (χ0) is 18.3. The van der Waals surface area contributed by atoms with Crippen LogP contribution in [0, 0.1) is 23.7 Å². The number of rotatable bonds is 6. The van der Waals surface area contributed by atoms with E-state index in [0.29, 0.717) is 6.54 Å². The SMILES string of the molecule is COc1ccc(CNC(=O)CCN2C(=O)[C@H]3[C@H](C2=O)[C@H]2C=C[C@H]3C2)cc1. The van der Waals surface area contributed by atoms with Gasteiger partial charge in [0.25, 0.3) is 0 Å². The smallest absolute Gasteiger partial charge is 0.233 e. The predicted octanol–water partition coefficient (Wildman–Crippen LogP) is 1.51. The second-order valence-electron chi connectivity index (χ2n) is 7.20. The standard InChI is InChI=1S/C20H22N2O4/c1-26-15-6-2-12(3-7-15)11-21-16(23)8-9-22-19(24)17-13-4-5-14(10-13)18(17)20(22)25/h2-7,13-14,17-18H,8-11H2,1H3,(H,21,23)/t13-,14-,17+,18+/m0/s1. The fraction of sp³-hybridized carbons (Fsp3) is 0.450. The molecule has 1 N–H and O–H groups in total. The molecule has 3 aliphatic rings. The maximum Gasteiger partial charge on any atom is 0.233 e. The van der Waals surface area contributed by atoms with Crippen LogP contribution in [0.1, 0.15) is 18.4 Å². The van der Waals surface area contributed by atoms with Crippen LogP contribution in [0.5, 0.6) is 5.75 Å². The monoisotopic (exact) mass is 354 g/mol. The summed E-state index contributed by atoms with van der Waals surface area (Å²) >= 11 is 0. The molecule has 1 aromatic carbocycles. The Labute approximate surface area is 152 Å². The Morgan fingerprint density at radius 2 is 1.73 bits per heavy atom. The molecule has 1 aromatic rings. The quantitative estimate of drug-likeness (QED) is 0.621. The number of fused-ring (bicyclic) bond motifs is 5. The maximum atomic E-state index is 12.6. The minimum Gasteiger partial charge on any atom is -0.497 e. The number of allylic oxidation sites excluding steroid dienone is 2. The third kappa shape index (κ3) is 2.79. The van der Waals surface area contributed by atoms with Crippen molar-refractivity contribution in [2.75, 3.05) is 13.7 Å². The minimum atomic E-state index is -0.195. The first-order valence-corrected chi connectivity index (χ1v) is 9.01. The summed E-state index contributed by atoms with van der Waals surface area (Å²) in [5.41, 5.74) is 0.963. The van der Waals surface area contributed by atoms with Crippen LogP contribution in [0.25, 0.3) is 0 Å². The summed E-state index contributed by atoms with van der Waals surface area (Å²) in [6.07, 6.45) is 5.20. The molecule has 6 nitrogen and oxygen atoms in total. The van der Waals surface area contributed by atoms with Crippen molar-refractivity contribution >= 4 is 17.7 Å². The molecular formula is C20H22N2O4. The van der Waals surface area contributed by atoms with E-state index in [4.69, 9.17) is 4.74 Å². The molecule has 26 heavy (non-hydrogen) atoms. The van der Waals surface area contributed by atoms with Gasteiger partial charge in [-0.05, 0) is 36.0 Å². The van der Waals surface area contributed by atoms with Crippen LogP contribution in [0.15, 0.2) is 36.4 Å². The number of methoxy groups -OCH3 is 1. The van der Waals surface area contributed by atoms with E-state index in [1.165, 1.54) is 4.90 Å². The van der Waals surface area contributed by atoms with E-state index in [1.807, 2.05) is 24.3 Å². The van der Waals surface area contributed by atoms with Crippen molar-refractivity contribution in [3.05, 3.63) is 42.0 Å². The third-order valence-electron chi connectivity index (χ3n) is 5.77. The van der Waals surface area contributed by atoms with Gasteiger partial charge >= 0.3 is 0 Å². The lowest BCUT2D eigenvalue weighted by Gasteiger charge is -2.17. The first kappa shape index (κ1) is 16.8. The molecule has 2 bridgehead atoms. The van der Waals surface area contributed by atoms with E-state index >= 15 is 0 Å². The van der Waals surface area contributed by atoms with Gasteiger partial charge in [-0.3, -0.25) is 19.3 Å². The van der Waals surface area contributed by atoms with E-state index in [-0.39, 0.29) is 54.4 Å². The molecule has 136 valence electrons. The summed E-state index contributed by atoms with van der Waals surface area (Å²) in [4.78, 5) is 38.5. The summed E-state index contributed by atoms with van der Waals surface area (Å²) in [5.74, 6) is 0.421. The second kappa shape index (κ2) is 6.59. The minimum absolute atomic E-state index is 0.0974. The highest BCUT2D eigenvalue weighted by Gasteiger charge is 2.58. The number of likely N-dealkylation sites (tertiary alicyclic amines) is 1. The van der Waals surface area contributed by atoms with Crippen molar-refractivity contribution < 1.29 is 19.1 Å². The molecule has 1 heterocycles. The number of amides is 3. The molecule has 1 aliphatic heterocycles. The topological polar surface area (TPSA) is 75.7 Å². The number of nitrogens with zero attached hydrogens (tertiary/aromatic N) is 1.